The van der Waals surface area contributed by atoms with Crippen LogP contribution in [-0.2, 0) is 10.0 Å². The van der Waals surface area contributed by atoms with Crippen LogP contribution >= 0.6 is 0 Å². The highest BCUT2D eigenvalue weighted by Crippen LogP contribution is 2.14. The normalized spacial score (nSPS) is 14.8. The Labute approximate surface area is 144 Å². The monoisotopic (exact) mass is 349 g/mol. The molecule has 0 aliphatic rings. The van der Waals surface area contributed by atoms with E-state index in [0.29, 0.717) is 12.8 Å². The molecule has 0 aliphatic heterocycles. The molecule has 2 atom stereocenters. The summed E-state index contributed by atoms with van der Waals surface area (Å²) in [6.45, 7) is 6.09. The van der Waals surface area contributed by atoms with Crippen LogP contribution in [0.1, 0.15) is 104 Å². The van der Waals surface area contributed by atoms with Crippen molar-refractivity contribution < 1.29 is 13.5 Å². The fraction of sp³-hybridized carbons (Fsp3) is 1.00. The Morgan fingerprint density at radius 2 is 1.22 bits per heavy atom. The molecule has 140 valence electrons. The van der Waals surface area contributed by atoms with E-state index in [2.05, 4.69) is 18.6 Å². The van der Waals surface area contributed by atoms with Gasteiger partial charge in [-0.25, -0.2) is 8.42 Å². The zero-order valence-corrected chi connectivity index (χ0v) is 16.3. The number of hydrogen-bond acceptors (Lipinski definition) is 3. The van der Waals surface area contributed by atoms with E-state index in [0.717, 1.165) is 32.1 Å². The fourth-order valence-electron chi connectivity index (χ4n) is 2.67. The number of aliphatic hydroxyl groups is 1. The average Bonchev–Trinajstić information content (AvgIpc) is 2.49. The first-order valence-electron chi connectivity index (χ1n) is 9.63. The molecule has 2 N–H and O–H groups in total. The molecule has 0 aliphatic carbocycles. The third kappa shape index (κ3) is 12.9. The van der Waals surface area contributed by atoms with Gasteiger partial charge in [0.1, 0.15) is 6.23 Å². The third-order valence-electron chi connectivity index (χ3n) is 4.38. The molecule has 0 aromatic carbocycles. The maximum absolute atomic E-state index is 12.2. The van der Waals surface area contributed by atoms with Gasteiger partial charge in [0.25, 0.3) is 0 Å². The maximum Gasteiger partial charge on any atom is 0.216 e. The van der Waals surface area contributed by atoms with Crippen LogP contribution in [0.3, 0.4) is 0 Å². The van der Waals surface area contributed by atoms with E-state index in [1.54, 1.807) is 6.92 Å². The van der Waals surface area contributed by atoms with Gasteiger partial charge in [-0.15, -0.1) is 0 Å². The molecule has 4 nitrogen and oxygen atoms in total. The van der Waals surface area contributed by atoms with Crippen LogP contribution in [0.4, 0.5) is 0 Å². The van der Waals surface area contributed by atoms with Crippen molar-refractivity contribution in [2.45, 2.75) is 116 Å². The second kappa shape index (κ2) is 14.2. The first kappa shape index (κ1) is 22.9. The smallest absolute Gasteiger partial charge is 0.216 e. The SMILES string of the molecule is CCCCCCCCC(C)S(=O)(=O)N[C@@H](O)CCCCCCC. The largest absolute Gasteiger partial charge is 0.378 e. The Balaban J connectivity index is 3.86. The van der Waals surface area contributed by atoms with Crippen LogP contribution < -0.4 is 4.72 Å². The lowest BCUT2D eigenvalue weighted by atomic mass is 10.1. The minimum Gasteiger partial charge on any atom is -0.378 e. The standard InChI is InChI=1S/C18H39NO3S/c1-4-6-8-10-12-13-15-17(3)23(21,22)19-18(20)16-14-11-9-7-5-2/h17-20H,4-16H2,1-3H3/t17?,18-/m0/s1. The summed E-state index contributed by atoms with van der Waals surface area (Å²) < 4.78 is 26.8. The van der Waals surface area contributed by atoms with Crippen LogP contribution in [0.5, 0.6) is 0 Å². The molecule has 0 heterocycles. The summed E-state index contributed by atoms with van der Waals surface area (Å²) in [4.78, 5) is 0. The van der Waals surface area contributed by atoms with Crippen LogP contribution in [0.25, 0.3) is 0 Å². The number of unbranched alkanes of at least 4 members (excludes halogenated alkanes) is 9. The Kier molecular flexibility index (Phi) is 14.2. The lowest BCUT2D eigenvalue weighted by Crippen LogP contribution is -2.39. The maximum atomic E-state index is 12.2. The molecule has 0 saturated heterocycles. The van der Waals surface area contributed by atoms with Gasteiger partial charge in [0.15, 0.2) is 0 Å². The lowest BCUT2D eigenvalue weighted by Gasteiger charge is -2.17. The van der Waals surface area contributed by atoms with Gasteiger partial charge in [-0.3, -0.25) is 0 Å². The highest BCUT2D eigenvalue weighted by Gasteiger charge is 2.22. The summed E-state index contributed by atoms with van der Waals surface area (Å²) in [5.74, 6) is 0. The minimum absolute atomic E-state index is 0.427. The van der Waals surface area contributed by atoms with Crippen LogP contribution in [0.2, 0.25) is 0 Å². The van der Waals surface area contributed by atoms with Crippen molar-refractivity contribution in [3.8, 4) is 0 Å². The number of sulfonamides is 1. The van der Waals surface area contributed by atoms with Crippen molar-refractivity contribution in [2.24, 2.45) is 0 Å². The van der Waals surface area contributed by atoms with Gasteiger partial charge in [0.2, 0.25) is 10.0 Å². The van der Waals surface area contributed by atoms with Crippen molar-refractivity contribution in [3.05, 3.63) is 0 Å². The third-order valence-corrected chi connectivity index (χ3v) is 6.27. The van der Waals surface area contributed by atoms with Crippen LogP contribution in [-0.4, -0.2) is 25.0 Å². The predicted octanol–water partition coefficient (Wildman–Crippen LogP) is 4.72. The summed E-state index contributed by atoms with van der Waals surface area (Å²) >= 11 is 0. The van der Waals surface area contributed by atoms with E-state index in [9.17, 15) is 13.5 Å². The van der Waals surface area contributed by atoms with Crippen molar-refractivity contribution in [1.82, 2.24) is 4.72 Å². The molecule has 0 spiro atoms. The van der Waals surface area contributed by atoms with Gasteiger partial charge < -0.3 is 5.11 Å². The van der Waals surface area contributed by atoms with Gasteiger partial charge in [-0.05, 0) is 26.2 Å². The Morgan fingerprint density at radius 3 is 1.74 bits per heavy atom. The van der Waals surface area contributed by atoms with E-state index < -0.39 is 21.5 Å². The van der Waals surface area contributed by atoms with E-state index in [1.807, 2.05) is 0 Å². The second-order valence-electron chi connectivity index (χ2n) is 6.75. The van der Waals surface area contributed by atoms with Gasteiger partial charge in [-0.2, -0.15) is 4.72 Å². The lowest BCUT2D eigenvalue weighted by molar-refractivity contribution is 0.149. The average molecular weight is 350 g/mol. The first-order chi connectivity index (χ1) is 10.9. The van der Waals surface area contributed by atoms with E-state index in [4.69, 9.17) is 0 Å². The fourth-order valence-corrected chi connectivity index (χ4v) is 3.88. The molecule has 5 heteroatoms. The van der Waals surface area contributed by atoms with Crippen LogP contribution in [0, 0.1) is 0 Å². The predicted molar refractivity (Wildman–Crippen MR) is 98.9 cm³/mol. The first-order valence-corrected chi connectivity index (χ1v) is 11.2. The van der Waals surface area contributed by atoms with Crippen molar-refractivity contribution >= 4 is 10.0 Å². The number of rotatable bonds is 16. The number of aliphatic hydroxyl groups excluding tert-OH is 1. The minimum atomic E-state index is -3.40. The molecule has 0 amide bonds. The zero-order chi connectivity index (χ0) is 17.6. The van der Waals surface area contributed by atoms with Gasteiger partial charge in [-0.1, -0.05) is 78.1 Å². The molecule has 0 radical (unpaired) electrons. The molecule has 0 aromatic heterocycles. The molecule has 0 bridgehead atoms. The van der Waals surface area contributed by atoms with E-state index in [1.165, 1.54) is 38.5 Å². The molecule has 1 unspecified atom stereocenters. The second-order valence-corrected chi connectivity index (χ2v) is 8.88. The Bertz CT molecular complexity index is 357. The highest BCUT2D eigenvalue weighted by atomic mass is 32.2. The summed E-state index contributed by atoms with van der Waals surface area (Å²) in [6, 6.07) is 0. The zero-order valence-electron chi connectivity index (χ0n) is 15.5. The van der Waals surface area contributed by atoms with Gasteiger partial charge in [0.05, 0.1) is 5.25 Å². The molecule has 0 saturated carbocycles. The Morgan fingerprint density at radius 1 is 0.783 bits per heavy atom. The van der Waals surface area contributed by atoms with Crippen molar-refractivity contribution in [3.63, 3.8) is 0 Å². The molecular formula is C18H39NO3S. The quantitative estimate of drug-likeness (QED) is 0.313. The molecular weight excluding hydrogens is 310 g/mol. The van der Waals surface area contributed by atoms with E-state index >= 15 is 0 Å². The summed E-state index contributed by atoms with van der Waals surface area (Å²) in [7, 11) is -3.40. The highest BCUT2D eigenvalue weighted by molar-refractivity contribution is 7.90. The molecule has 0 aromatic rings. The summed E-state index contributed by atoms with van der Waals surface area (Å²) in [6.07, 6.45) is 12.7. The molecule has 0 fully saturated rings. The molecule has 0 rings (SSSR count). The van der Waals surface area contributed by atoms with Gasteiger partial charge >= 0.3 is 0 Å². The van der Waals surface area contributed by atoms with Gasteiger partial charge in [0, 0.05) is 0 Å². The van der Waals surface area contributed by atoms with Crippen molar-refractivity contribution in [2.75, 3.05) is 0 Å². The number of nitrogens with one attached hydrogen (secondary N) is 1. The Hall–Kier alpha value is -0.130. The number of hydrogen-bond donors (Lipinski definition) is 2. The van der Waals surface area contributed by atoms with Crippen molar-refractivity contribution in [1.29, 1.82) is 0 Å². The summed E-state index contributed by atoms with van der Waals surface area (Å²) in [5.41, 5.74) is 0. The molecule has 23 heavy (non-hydrogen) atoms. The van der Waals surface area contributed by atoms with E-state index in [-0.39, 0.29) is 0 Å². The summed E-state index contributed by atoms with van der Waals surface area (Å²) in [5, 5.41) is 9.44. The van der Waals surface area contributed by atoms with Crippen LogP contribution in [0.15, 0.2) is 0 Å². The topological polar surface area (TPSA) is 66.4 Å².